The Labute approximate surface area is 89.1 Å². The van der Waals surface area contributed by atoms with Crippen molar-refractivity contribution in [2.24, 2.45) is 5.73 Å². The molecule has 1 aliphatic carbocycles. The highest BCUT2D eigenvalue weighted by atomic mass is 32.2. The molecule has 0 atom stereocenters. The van der Waals surface area contributed by atoms with Crippen molar-refractivity contribution in [3.63, 3.8) is 0 Å². The summed E-state index contributed by atoms with van der Waals surface area (Å²) in [5, 5.41) is 0. The Kier molecular flexibility index (Phi) is 2.81. The zero-order valence-electron chi connectivity index (χ0n) is 8.36. The third kappa shape index (κ3) is 2.22. The zero-order chi connectivity index (χ0) is 10.9. The molecule has 15 heavy (non-hydrogen) atoms. The van der Waals surface area contributed by atoms with Gasteiger partial charge in [0.2, 0.25) is 10.0 Å². The third-order valence-corrected chi connectivity index (χ3v) is 4.17. The first-order chi connectivity index (χ1) is 7.12. The van der Waals surface area contributed by atoms with Crippen molar-refractivity contribution < 1.29 is 8.42 Å². The van der Waals surface area contributed by atoms with E-state index in [1.165, 1.54) is 6.20 Å². The monoisotopic (exact) mass is 229 g/mol. The zero-order valence-corrected chi connectivity index (χ0v) is 9.18. The highest BCUT2D eigenvalue weighted by molar-refractivity contribution is 7.89. The van der Waals surface area contributed by atoms with Crippen LogP contribution >= 0.6 is 0 Å². The molecule has 84 valence electrons. The van der Waals surface area contributed by atoms with Crippen LogP contribution in [0.1, 0.15) is 25.0 Å². The molecule has 0 spiro atoms. The Morgan fingerprint density at radius 3 is 2.73 bits per heavy atom. The maximum absolute atomic E-state index is 11.8. The molecule has 6 heteroatoms. The number of sulfonamides is 1. The predicted molar refractivity (Wildman–Crippen MR) is 56.6 cm³/mol. The van der Waals surface area contributed by atoms with Crippen molar-refractivity contribution in [2.75, 3.05) is 0 Å². The van der Waals surface area contributed by atoms with E-state index in [2.05, 4.69) is 9.71 Å². The van der Waals surface area contributed by atoms with Gasteiger partial charge in [-0.2, -0.15) is 0 Å². The van der Waals surface area contributed by atoms with E-state index in [4.69, 9.17) is 5.73 Å². The van der Waals surface area contributed by atoms with Gasteiger partial charge < -0.3 is 10.7 Å². The fourth-order valence-electron chi connectivity index (χ4n) is 1.51. The SMILES string of the molecule is NCc1cc(S(=O)(=O)NC2CCC2)c[nH]1. The minimum Gasteiger partial charge on any atom is -0.363 e. The van der Waals surface area contributed by atoms with Crippen molar-refractivity contribution in [1.82, 2.24) is 9.71 Å². The maximum atomic E-state index is 11.8. The van der Waals surface area contributed by atoms with Crippen molar-refractivity contribution in [2.45, 2.75) is 36.7 Å². The summed E-state index contributed by atoms with van der Waals surface area (Å²) in [5.41, 5.74) is 6.12. The number of nitrogens with two attached hydrogens (primary N) is 1. The summed E-state index contributed by atoms with van der Waals surface area (Å²) >= 11 is 0. The number of hydrogen-bond donors (Lipinski definition) is 3. The molecule has 0 bridgehead atoms. The van der Waals surface area contributed by atoms with Crippen molar-refractivity contribution in [3.05, 3.63) is 18.0 Å². The summed E-state index contributed by atoms with van der Waals surface area (Å²) in [6, 6.07) is 1.69. The first-order valence-corrected chi connectivity index (χ1v) is 6.50. The molecule has 1 aliphatic rings. The Hall–Kier alpha value is -0.850. The lowest BCUT2D eigenvalue weighted by Gasteiger charge is -2.25. The molecule has 4 N–H and O–H groups in total. The summed E-state index contributed by atoms with van der Waals surface area (Å²) in [7, 11) is -3.35. The largest absolute Gasteiger partial charge is 0.363 e. The second-order valence-electron chi connectivity index (χ2n) is 3.81. The molecular weight excluding hydrogens is 214 g/mol. The van der Waals surface area contributed by atoms with Crippen molar-refractivity contribution >= 4 is 10.0 Å². The van der Waals surface area contributed by atoms with E-state index < -0.39 is 10.0 Å². The summed E-state index contributed by atoms with van der Waals surface area (Å²) in [6.07, 6.45) is 4.46. The average Bonchev–Trinajstić information content (AvgIpc) is 2.60. The van der Waals surface area contributed by atoms with E-state index in [9.17, 15) is 8.42 Å². The third-order valence-electron chi connectivity index (χ3n) is 2.67. The lowest BCUT2D eigenvalue weighted by Crippen LogP contribution is -2.39. The minimum absolute atomic E-state index is 0.117. The standard InChI is InChI=1S/C9H15N3O2S/c10-5-8-4-9(6-11-8)15(13,14)12-7-2-1-3-7/h4,6-7,11-12H,1-3,5,10H2. The fraction of sp³-hybridized carbons (Fsp3) is 0.556. The topological polar surface area (TPSA) is 88.0 Å². The summed E-state index contributed by atoms with van der Waals surface area (Å²) in [6.45, 7) is 0.318. The van der Waals surface area contributed by atoms with Crippen LogP contribution in [0.25, 0.3) is 0 Å². The Morgan fingerprint density at radius 1 is 1.53 bits per heavy atom. The molecule has 1 aromatic rings. The number of aromatic nitrogens is 1. The van der Waals surface area contributed by atoms with E-state index in [0.29, 0.717) is 6.54 Å². The van der Waals surface area contributed by atoms with Gasteiger partial charge in [-0.3, -0.25) is 0 Å². The molecule has 0 unspecified atom stereocenters. The fourth-order valence-corrected chi connectivity index (χ4v) is 2.83. The number of rotatable bonds is 4. The highest BCUT2D eigenvalue weighted by Crippen LogP contribution is 2.21. The average molecular weight is 229 g/mol. The number of hydrogen-bond acceptors (Lipinski definition) is 3. The van der Waals surface area contributed by atoms with Crippen LogP contribution in [0.4, 0.5) is 0 Å². The smallest absolute Gasteiger partial charge is 0.242 e. The van der Waals surface area contributed by atoms with Crippen LogP contribution in [-0.4, -0.2) is 19.4 Å². The van der Waals surface area contributed by atoms with Crippen LogP contribution in [-0.2, 0) is 16.6 Å². The molecule has 0 radical (unpaired) electrons. The molecule has 0 saturated heterocycles. The van der Waals surface area contributed by atoms with Gasteiger partial charge in [-0.15, -0.1) is 0 Å². The van der Waals surface area contributed by atoms with Gasteiger partial charge in [0, 0.05) is 24.5 Å². The highest BCUT2D eigenvalue weighted by Gasteiger charge is 2.25. The van der Waals surface area contributed by atoms with Gasteiger partial charge >= 0.3 is 0 Å². The van der Waals surface area contributed by atoms with E-state index in [1.807, 2.05) is 0 Å². The first-order valence-electron chi connectivity index (χ1n) is 5.01. The van der Waals surface area contributed by atoms with Crippen LogP contribution in [0.15, 0.2) is 17.2 Å². The molecule has 0 aliphatic heterocycles. The number of aromatic amines is 1. The second kappa shape index (κ2) is 3.96. The van der Waals surface area contributed by atoms with Crippen LogP contribution in [0, 0.1) is 0 Å². The van der Waals surface area contributed by atoms with E-state index in [-0.39, 0.29) is 10.9 Å². The van der Waals surface area contributed by atoms with Gasteiger partial charge in [-0.1, -0.05) is 6.42 Å². The van der Waals surface area contributed by atoms with Crippen LogP contribution < -0.4 is 10.5 Å². The molecule has 5 nitrogen and oxygen atoms in total. The van der Waals surface area contributed by atoms with Gasteiger partial charge in [-0.25, -0.2) is 13.1 Å². The Balaban J connectivity index is 2.13. The Bertz CT molecular complexity index is 434. The number of H-pyrrole nitrogens is 1. The maximum Gasteiger partial charge on any atom is 0.242 e. The first kappa shape index (κ1) is 10.7. The quantitative estimate of drug-likeness (QED) is 0.694. The van der Waals surface area contributed by atoms with Gasteiger partial charge in [0.1, 0.15) is 0 Å². The van der Waals surface area contributed by atoms with Crippen molar-refractivity contribution in [3.8, 4) is 0 Å². The molecule has 1 heterocycles. The van der Waals surface area contributed by atoms with E-state index in [1.54, 1.807) is 6.07 Å². The van der Waals surface area contributed by atoms with Crippen LogP contribution in [0.5, 0.6) is 0 Å². The van der Waals surface area contributed by atoms with Crippen molar-refractivity contribution in [1.29, 1.82) is 0 Å². The summed E-state index contributed by atoms with van der Waals surface area (Å²) in [4.78, 5) is 3.10. The molecule has 0 aromatic carbocycles. The summed E-state index contributed by atoms with van der Waals surface area (Å²) in [5.74, 6) is 0. The number of nitrogens with one attached hydrogen (secondary N) is 2. The molecule has 1 saturated carbocycles. The summed E-state index contributed by atoms with van der Waals surface area (Å²) < 4.78 is 26.2. The molecule has 2 rings (SSSR count). The minimum atomic E-state index is -3.35. The molecule has 1 aromatic heterocycles. The molecule has 0 amide bonds. The van der Waals surface area contributed by atoms with Gasteiger partial charge in [0.15, 0.2) is 0 Å². The van der Waals surface area contributed by atoms with Gasteiger partial charge in [0.25, 0.3) is 0 Å². The van der Waals surface area contributed by atoms with Gasteiger partial charge in [0.05, 0.1) is 4.90 Å². The Morgan fingerprint density at radius 2 is 2.27 bits per heavy atom. The molecular formula is C9H15N3O2S. The molecule has 1 fully saturated rings. The van der Waals surface area contributed by atoms with Crippen LogP contribution in [0.2, 0.25) is 0 Å². The van der Waals surface area contributed by atoms with E-state index in [0.717, 1.165) is 25.0 Å². The second-order valence-corrected chi connectivity index (χ2v) is 5.53. The normalized spacial score (nSPS) is 17.7. The van der Waals surface area contributed by atoms with Crippen LogP contribution in [0.3, 0.4) is 0 Å². The predicted octanol–water partition coefficient (Wildman–Crippen LogP) is 0.304. The lowest BCUT2D eigenvalue weighted by molar-refractivity contribution is 0.383. The van der Waals surface area contributed by atoms with E-state index >= 15 is 0 Å². The van der Waals surface area contributed by atoms with Gasteiger partial charge in [-0.05, 0) is 18.9 Å². The lowest BCUT2D eigenvalue weighted by atomic mass is 9.94.